The van der Waals surface area contributed by atoms with Crippen LogP contribution in [0, 0.1) is 12.8 Å². The van der Waals surface area contributed by atoms with Gasteiger partial charge in [0.05, 0.1) is 17.4 Å². The highest BCUT2D eigenvalue weighted by Gasteiger charge is 2.21. The van der Waals surface area contributed by atoms with E-state index in [2.05, 4.69) is 10.6 Å². The maximum Gasteiger partial charge on any atom is 0.308 e. The molecule has 0 unspecified atom stereocenters. The smallest absolute Gasteiger partial charge is 0.308 e. The number of thioether (sulfide) groups is 1. The Morgan fingerprint density at radius 1 is 1.26 bits per heavy atom. The van der Waals surface area contributed by atoms with E-state index in [9.17, 15) is 19.5 Å². The average molecular weight is 384 g/mol. The van der Waals surface area contributed by atoms with E-state index in [1.807, 2.05) is 31.2 Å². The lowest BCUT2D eigenvalue weighted by atomic mass is 9.98. The molecule has 6 nitrogen and oxygen atoms in total. The normalized spacial score (nSPS) is 14.0. The van der Waals surface area contributed by atoms with Crippen molar-refractivity contribution in [1.29, 1.82) is 0 Å². The fourth-order valence-corrected chi connectivity index (χ4v) is 3.70. The molecule has 0 aliphatic carbocycles. The molecular formula is C20H20N2O4S. The Morgan fingerprint density at radius 2 is 2.07 bits per heavy atom. The molecule has 1 aliphatic heterocycles. The summed E-state index contributed by atoms with van der Waals surface area (Å²) in [4.78, 5) is 36.4. The lowest BCUT2D eigenvalue weighted by Gasteiger charge is -2.17. The van der Waals surface area contributed by atoms with Crippen LogP contribution in [0.15, 0.2) is 47.4 Å². The largest absolute Gasteiger partial charge is 0.481 e. The molecule has 1 heterocycles. The second kappa shape index (κ2) is 8.26. The molecule has 0 aromatic heterocycles. The fourth-order valence-electron chi connectivity index (χ4n) is 2.91. The summed E-state index contributed by atoms with van der Waals surface area (Å²) in [5, 5.41) is 14.9. The van der Waals surface area contributed by atoms with Crippen molar-refractivity contribution in [2.75, 3.05) is 17.6 Å². The zero-order valence-electron chi connectivity index (χ0n) is 14.8. The number of aryl methyl sites for hydroxylation is 1. The number of amides is 2. The molecule has 140 valence electrons. The van der Waals surface area contributed by atoms with Gasteiger partial charge in [-0.2, -0.15) is 0 Å². The van der Waals surface area contributed by atoms with Gasteiger partial charge in [0.15, 0.2) is 0 Å². The van der Waals surface area contributed by atoms with E-state index in [4.69, 9.17) is 0 Å². The van der Waals surface area contributed by atoms with Crippen molar-refractivity contribution >= 4 is 35.2 Å². The monoisotopic (exact) mass is 384 g/mol. The Morgan fingerprint density at radius 3 is 2.81 bits per heavy atom. The Bertz CT molecular complexity index is 897. The molecule has 1 atom stereocenters. The Labute approximate surface area is 161 Å². The number of nitrogens with one attached hydrogen (secondary N) is 2. The van der Waals surface area contributed by atoms with Crippen LogP contribution in [0.2, 0.25) is 0 Å². The lowest BCUT2D eigenvalue weighted by molar-refractivity contribution is -0.141. The first-order chi connectivity index (χ1) is 12.9. The minimum atomic E-state index is -0.953. The molecule has 7 heteroatoms. The number of hydrogen-bond donors (Lipinski definition) is 3. The first-order valence-corrected chi connectivity index (χ1v) is 9.54. The lowest BCUT2D eigenvalue weighted by Crippen LogP contribution is -2.34. The quantitative estimate of drug-likeness (QED) is 0.712. The molecule has 0 spiro atoms. The number of fused-ring (bicyclic) bond motifs is 1. The van der Waals surface area contributed by atoms with Crippen molar-refractivity contribution in [3.8, 4) is 0 Å². The van der Waals surface area contributed by atoms with Crippen molar-refractivity contribution < 1.29 is 19.5 Å². The van der Waals surface area contributed by atoms with Gasteiger partial charge < -0.3 is 15.7 Å². The first-order valence-electron chi connectivity index (χ1n) is 8.55. The van der Waals surface area contributed by atoms with Crippen LogP contribution in [-0.4, -0.2) is 35.2 Å². The zero-order valence-corrected chi connectivity index (χ0v) is 15.6. The van der Waals surface area contributed by atoms with E-state index in [-0.39, 0.29) is 18.4 Å². The first kappa shape index (κ1) is 19.0. The summed E-state index contributed by atoms with van der Waals surface area (Å²) in [7, 11) is 0. The summed E-state index contributed by atoms with van der Waals surface area (Å²) < 4.78 is 0. The maximum atomic E-state index is 12.4. The molecule has 0 radical (unpaired) electrons. The van der Waals surface area contributed by atoms with E-state index >= 15 is 0 Å². The predicted octanol–water partition coefficient (Wildman–Crippen LogP) is 2.71. The number of anilines is 1. The third-order valence-electron chi connectivity index (χ3n) is 4.30. The van der Waals surface area contributed by atoms with Crippen LogP contribution in [-0.2, 0) is 16.0 Å². The molecule has 1 aliphatic rings. The molecule has 3 N–H and O–H groups in total. The molecule has 0 fully saturated rings. The topological polar surface area (TPSA) is 95.5 Å². The van der Waals surface area contributed by atoms with Crippen LogP contribution in [0.5, 0.6) is 0 Å². The Hall–Kier alpha value is -2.80. The van der Waals surface area contributed by atoms with Crippen LogP contribution in [0.1, 0.15) is 21.5 Å². The van der Waals surface area contributed by atoms with Crippen molar-refractivity contribution in [2.24, 2.45) is 5.92 Å². The number of rotatable bonds is 6. The highest BCUT2D eigenvalue weighted by molar-refractivity contribution is 8.00. The van der Waals surface area contributed by atoms with Crippen molar-refractivity contribution in [3.63, 3.8) is 0 Å². The van der Waals surface area contributed by atoms with Crippen LogP contribution in [0.4, 0.5) is 5.69 Å². The standard InChI is InChI=1S/C20H20N2O4S/c1-12-3-2-4-13(7-12)8-15(20(25)26)10-21-19(24)14-5-6-17-16(9-14)22-18(23)11-27-17/h2-7,9,15H,8,10-11H2,1H3,(H,21,24)(H,22,23)(H,25,26)/t15-/m0/s1. The predicted molar refractivity (Wildman–Crippen MR) is 104 cm³/mol. The fraction of sp³-hybridized carbons (Fsp3) is 0.250. The molecule has 2 amide bonds. The number of benzene rings is 2. The number of carbonyl (C=O) groups excluding carboxylic acids is 2. The molecule has 0 saturated heterocycles. The number of carboxylic acid groups (broad SMARTS) is 1. The molecule has 2 aromatic rings. The molecule has 0 saturated carbocycles. The highest BCUT2D eigenvalue weighted by atomic mass is 32.2. The van der Waals surface area contributed by atoms with Crippen molar-refractivity contribution in [2.45, 2.75) is 18.2 Å². The maximum absolute atomic E-state index is 12.4. The Balaban J connectivity index is 1.65. The summed E-state index contributed by atoms with van der Waals surface area (Å²) >= 11 is 1.42. The summed E-state index contributed by atoms with van der Waals surface area (Å²) in [6.07, 6.45) is 0.341. The molecule has 2 aromatic carbocycles. The van der Waals surface area contributed by atoms with Gasteiger partial charge in [-0.25, -0.2) is 0 Å². The summed E-state index contributed by atoms with van der Waals surface area (Å²) in [5.74, 6) is -1.78. The number of hydrogen-bond acceptors (Lipinski definition) is 4. The van der Waals surface area contributed by atoms with Crippen molar-refractivity contribution in [3.05, 3.63) is 59.2 Å². The second-order valence-electron chi connectivity index (χ2n) is 6.49. The van der Waals surface area contributed by atoms with Crippen molar-refractivity contribution in [1.82, 2.24) is 5.32 Å². The number of carboxylic acids is 1. The van der Waals surface area contributed by atoms with Gasteiger partial charge in [-0.3, -0.25) is 14.4 Å². The number of aliphatic carboxylic acids is 1. The SMILES string of the molecule is Cc1cccc(C[C@@H](CNC(=O)c2ccc3c(c2)NC(=O)CS3)C(=O)O)c1. The van der Waals surface area contributed by atoms with Gasteiger partial charge in [0, 0.05) is 17.0 Å². The van der Waals surface area contributed by atoms with E-state index in [0.29, 0.717) is 23.4 Å². The highest BCUT2D eigenvalue weighted by Crippen LogP contribution is 2.31. The molecule has 0 bridgehead atoms. The third kappa shape index (κ3) is 4.89. The van der Waals surface area contributed by atoms with Gasteiger partial charge in [0.25, 0.3) is 5.91 Å². The summed E-state index contributed by atoms with van der Waals surface area (Å²) in [6, 6.07) is 12.8. The number of carbonyl (C=O) groups is 3. The summed E-state index contributed by atoms with van der Waals surface area (Å²) in [5.41, 5.74) is 2.98. The van der Waals surface area contributed by atoms with Gasteiger partial charge in [0.2, 0.25) is 5.91 Å². The van der Waals surface area contributed by atoms with Gasteiger partial charge >= 0.3 is 5.97 Å². The zero-order chi connectivity index (χ0) is 19.4. The van der Waals surface area contributed by atoms with Crippen LogP contribution >= 0.6 is 11.8 Å². The van der Waals surface area contributed by atoms with Crippen LogP contribution in [0.25, 0.3) is 0 Å². The minimum Gasteiger partial charge on any atom is -0.481 e. The Kier molecular flexibility index (Phi) is 5.81. The summed E-state index contributed by atoms with van der Waals surface area (Å²) in [6.45, 7) is 1.98. The van der Waals surface area contributed by atoms with Gasteiger partial charge in [-0.05, 0) is 37.1 Å². The third-order valence-corrected chi connectivity index (χ3v) is 5.37. The molecule has 3 rings (SSSR count). The molecule has 27 heavy (non-hydrogen) atoms. The van der Waals surface area contributed by atoms with E-state index < -0.39 is 11.9 Å². The molecular weight excluding hydrogens is 364 g/mol. The van der Waals surface area contributed by atoms with E-state index in [0.717, 1.165) is 16.0 Å². The van der Waals surface area contributed by atoms with Crippen LogP contribution < -0.4 is 10.6 Å². The van der Waals surface area contributed by atoms with Gasteiger partial charge in [-0.1, -0.05) is 29.8 Å². The van der Waals surface area contributed by atoms with Gasteiger partial charge in [0.1, 0.15) is 0 Å². The van der Waals surface area contributed by atoms with E-state index in [1.54, 1.807) is 18.2 Å². The minimum absolute atomic E-state index is 0.0281. The average Bonchev–Trinajstić information content (AvgIpc) is 2.64. The second-order valence-corrected chi connectivity index (χ2v) is 7.50. The van der Waals surface area contributed by atoms with E-state index in [1.165, 1.54) is 11.8 Å². The van der Waals surface area contributed by atoms with Gasteiger partial charge in [-0.15, -0.1) is 11.8 Å². The van der Waals surface area contributed by atoms with Crippen LogP contribution in [0.3, 0.4) is 0 Å².